The summed E-state index contributed by atoms with van der Waals surface area (Å²) in [5, 5.41) is 3.62. The smallest absolute Gasteiger partial charge is 0.218 e. The topological polar surface area (TPSA) is 44.9 Å². The molecule has 80 valence electrons. The lowest BCUT2D eigenvalue weighted by Crippen LogP contribution is -2.29. The fraction of sp³-hybridized carbons (Fsp3) is 0.889. The third-order valence-corrected chi connectivity index (χ3v) is 1.57. The molecule has 0 aliphatic carbocycles. The number of likely N-dealkylation sites (N-methyl/N-ethyl adjacent to an activating group) is 2. The Hall–Kier alpha value is -0.930. The van der Waals surface area contributed by atoms with Crippen LogP contribution in [0.25, 0.3) is 0 Å². The maximum absolute atomic E-state index is 5.12. The Kier molecular flexibility index (Phi) is 10.3. The Morgan fingerprint density at radius 2 is 1.31 bits per heavy atom. The third-order valence-electron chi connectivity index (χ3n) is 1.57. The van der Waals surface area contributed by atoms with Crippen molar-refractivity contribution in [3.05, 3.63) is 0 Å². The van der Waals surface area contributed by atoms with Gasteiger partial charge in [0.25, 0.3) is 0 Å². The van der Waals surface area contributed by atoms with Crippen molar-refractivity contribution >= 4 is 5.96 Å². The number of nitrogens with two attached hydrogens (primary N) is 1. The minimum atomic E-state index is 0.870. The molecule has 0 aromatic heterocycles. The van der Waals surface area contributed by atoms with E-state index in [4.69, 9.17) is 5.84 Å². The summed E-state index contributed by atoms with van der Waals surface area (Å²) in [6.45, 7) is 10.0. The summed E-state index contributed by atoms with van der Waals surface area (Å²) < 4.78 is 0. The van der Waals surface area contributed by atoms with E-state index in [1.807, 2.05) is 51.6 Å². The van der Waals surface area contributed by atoms with E-state index >= 15 is 0 Å². The highest BCUT2D eigenvalue weighted by molar-refractivity contribution is 5.81. The van der Waals surface area contributed by atoms with Gasteiger partial charge in [0, 0.05) is 27.2 Å². The first kappa shape index (κ1) is 14.6. The van der Waals surface area contributed by atoms with Gasteiger partial charge in [-0.2, -0.15) is 0 Å². The van der Waals surface area contributed by atoms with Crippen molar-refractivity contribution in [3.8, 4) is 0 Å². The zero-order valence-electron chi connectivity index (χ0n) is 9.83. The lowest BCUT2D eigenvalue weighted by atomic mass is 10.6. The van der Waals surface area contributed by atoms with E-state index in [2.05, 4.69) is 5.10 Å². The average molecular weight is 188 g/mol. The Morgan fingerprint density at radius 1 is 1.00 bits per heavy atom. The van der Waals surface area contributed by atoms with Gasteiger partial charge in [-0.3, -0.25) is 0 Å². The second kappa shape index (κ2) is 9.16. The van der Waals surface area contributed by atoms with E-state index in [-0.39, 0.29) is 0 Å². The fourth-order valence-electron chi connectivity index (χ4n) is 0.989. The van der Waals surface area contributed by atoms with Crippen molar-refractivity contribution in [2.24, 2.45) is 10.9 Å². The van der Waals surface area contributed by atoms with Crippen LogP contribution in [0.15, 0.2) is 5.10 Å². The summed E-state index contributed by atoms with van der Waals surface area (Å²) in [6, 6.07) is 0. The van der Waals surface area contributed by atoms with Crippen molar-refractivity contribution in [2.45, 2.75) is 27.7 Å². The summed E-state index contributed by atoms with van der Waals surface area (Å²) in [7, 11) is 3.96. The molecule has 1 fully saturated rings. The molecule has 0 atom stereocenters. The molecule has 1 heterocycles. The van der Waals surface area contributed by atoms with Gasteiger partial charge in [-0.1, -0.05) is 27.7 Å². The molecule has 0 aromatic carbocycles. The third kappa shape index (κ3) is 4.60. The van der Waals surface area contributed by atoms with Crippen molar-refractivity contribution in [2.75, 3.05) is 27.2 Å². The highest BCUT2D eigenvalue weighted by Crippen LogP contribution is 2.00. The second-order valence-electron chi connectivity index (χ2n) is 2.27. The molecule has 0 spiro atoms. The molecule has 1 rings (SSSR count). The van der Waals surface area contributed by atoms with Gasteiger partial charge in [0.15, 0.2) is 0 Å². The van der Waals surface area contributed by atoms with Crippen LogP contribution in [0, 0.1) is 0 Å². The Balaban J connectivity index is 0. The largest absolute Gasteiger partial charge is 0.343 e. The lowest BCUT2D eigenvalue weighted by molar-refractivity contribution is 0.553. The Bertz CT molecular complexity index is 122. The van der Waals surface area contributed by atoms with Gasteiger partial charge in [-0.15, -0.1) is 5.10 Å². The molecule has 4 nitrogen and oxygen atoms in total. The highest BCUT2D eigenvalue weighted by Gasteiger charge is 2.18. The van der Waals surface area contributed by atoms with E-state index in [1.54, 1.807) is 0 Å². The SMILES string of the molecule is CC.CC.CN1CCN(C)C1=NN. The van der Waals surface area contributed by atoms with E-state index < -0.39 is 0 Å². The van der Waals surface area contributed by atoms with Crippen LogP contribution >= 0.6 is 0 Å². The van der Waals surface area contributed by atoms with Crippen LogP contribution in [0.4, 0.5) is 0 Å². The number of hydrogen-bond acceptors (Lipinski definition) is 2. The zero-order valence-corrected chi connectivity index (χ0v) is 9.83. The molecule has 0 bridgehead atoms. The minimum Gasteiger partial charge on any atom is -0.343 e. The van der Waals surface area contributed by atoms with Crippen molar-refractivity contribution in [1.82, 2.24) is 9.80 Å². The number of hydrazone groups is 1. The van der Waals surface area contributed by atoms with Crippen molar-refractivity contribution in [3.63, 3.8) is 0 Å². The quantitative estimate of drug-likeness (QED) is 0.458. The molecule has 0 amide bonds. The number of rotatable bonds is 0. The summed E-state index contributed by atoms with van der Waals surface area (Å²) in [6.07, 6.45) is 0. The monoisotopic (exact) mass is 188 g/mol. The van der Waals surface area contributed by atoms with E-state index in [9.17, 15) is 0 Å². The van der Waals surface area contributed by atoms with Gasteiger partial charge >= 0.3 is 0 Å². The van der Waals surface area contributed by atoms with Gasteiger partial charge in [0.1, 0.15) is 0 Å². The Morgan fingerprint density at radius 3 is 1.46 bits per heavy atom. The molecule has 2 N–H and O–H groups in total. The van der Waals surface area contributed by atoms with Crippen molar-refractivity contribution < 1.29 is 0 Å². The minimum absolute atomic E-state index is 0.870. The summed E-state index contributed by atoms with van der Waals surface area (Å²) in [5.74, 6) is 5.99. The van der Waals surface area contributed by atoms with Crippen LogP contribution in [0.5, 0.6) is 0 Å². The Labute approximate surface area is 82.4 Å². The fourth-order valence-corrected chi connectivity index (χ4v) is 0.989. The maximum Gasteiger partial charge on any atom is 0.218 e. The first-order valence-corrected chi connectivity index (χ1v) is 4.96. The van der Waals surface area contributed by atoms with Gasteiger partial charge in [0.2, 0.25) is 5.96 Å². The van der Waals surface area contributed by atoms with Crippen molar-refractivity contribution in [1.29, 1.82) is 0 Å². The molecule has 13 heavy (non-hydrogen) atoms. The molecule has 4 heteroatoms. The maximum atomic E-state index is 5.12. The predicted molar refractivity (Wildman–Crippen MR) is 59.6 cm³/mol. The molecule has 1 aliphatic rings. The first-order chi connectivity index (χ1) is 6.25. The average Bonchev–Trinajstić information content (AvgIpc) is 2.52. The molecule has 1 saturated heterocycles. The zero-order chi connectivity index (χ0) is 10.9. The van der Waals surface area contributed by atoms with Gasteiger partial charge in [-0.05, 0) is 0 Å². The molecule has 0 unspecified atom stereocenters. The van der Waals surface area contributed by atoms with E-state index in [1.165, 1.54) is 0 Å². The van der Waals surface area contributed by atoms with Crippen LogP contribution < -0.4 is 5.84 Å². The highest BCUT2D eigenvalue weighted by atomic mass is 15.4. The van der Waals surface area contributed by atoms with E-state index in [0.717, 1.165) is 19.0 Å². The molecule has 0 saturated carbocycles. The second-order valence-corrected chi connectivity index (χ2v) is 2.27. The molecule has 0 aromatic rings. The molecule has 1 aliphatic heterocycles. The molecule has 0 radical (unpaired) electrons. The lowest BCUT2D eigenvalue weighted by Gasteiger charge is -2.13. The van der Waals surface area contributed by atoms with Gasteiger partial charge in [0.05, 0.1) is 0 Å². The summed E-state index contributed by atoms with van der Waals surface area (Å²) in [5.41, 5.74) is 0. The van der Waals surface area contributed by atoms with Gasteiger partial charge in [-0.25, -0.2) is 0 Å². The summed E-state index contributed by atoms with van der Waals surface area (Å²) >= 11 is 0. The molecular weight excluding hydrogens is 164 g/mol. The number of guanidine groups is 1. The van der Waals surface area contributed by atoms with Gasteiger partial charge < -0.3 is 15.6 Å². The normalized spacial score (nSPS) is 14.2. The van der Waals surface area contributed by atoms with Crippen LogP contribution in [0.2, 0.25) is 0 Å². The van der Waals surface area contributed by atoms with Crippen LogP contribution in [0.3, 0.4) is 0 Å². The first-order valence-electron chi connectivity index (χ1n) is 4.96. The van der Waals surface area contributed by atoms with Crippen LogP contribution in [-0.4, -0.2) is 42.9 Å². The predicted octanol–water partition coefficient (Wildman–Crippen LogP) is 1.15. The standard InChI is InChI=1S/C5H12N4.2C2H6/c1-8-3-4-9(2)5(8)7-6;2*1-2/h3-4,6H2,1-2H3;2*1-2H3. The number of nitrogens with zero attached hydrogens (tertiary/aromatic N) is 3. The van der Waals surface area contributed by atoms with E-state index in [0.29, 0.717) is 0 Å². The van der Waals surface area contributed by atoms with Crippen LogP contribution in [-0.2, 0) is 0 Å². The number of hydrogen-bond donors (Lipinski definition) is 1. The van der Waals surface area contributed by atoms with Crippen LogP contribution in [0.1, 0.15) is 27.7 Å². The molecular formula is C9H24N4. The summed E-state index contributed by atoms with van der Waals surface area (Å²) in [4.78, 5) is 4.06.